The Hall–Kier alpha value is -3.26. The van der Waals surface area contributed by atoms with Crippen LogP contribution in [0, 0.1) is 11.3 Å². The number of carbonyl (C=O) groups is 1. The molecule has 2 aromatic carbocycles. The molecular weight excluding hydrogens is 290 g/mol. The molecule has 0 heterocycles. The minimum atomic E-state index is -0.424. The third-order valence-corrected chi connectivity index (χ3v) is 3.11. The van der Waals surface area contributed by atoms with Crippen molar-refractivity contribution in [1.29, 1.82) is 5.26 Å². The summed E-state index contributed by atoms with van der Waals surface area (Å²) >= 11 is 0. The minimum absolute atomic E-state index is 0.00347. The number of methoxy groups -OCH3 is 1. The maximum atomic E-state index is 12.0. The van der Waals surface area contributed by atoms with Gasteiger partial charge in [0.2, 0.25) is 0 Å². The Bertz CT molecular complexity index is 733. The molecule has 0 saturated carbocycles. The molecule has 0 radical (unpaired) electrons. The summed E-state index contributed by atoms with van der Waals surface area (Å²) in [5.41, 5.74) is 1.70. The molecule has 0 saturated heterocycles. The van der Waals surface area contributed by atoms with Crippen LogP contribution in [0.15, 0.2) is 66.4 Å². The van der Waals surface area contributed by atoms with Crippen LogP contribution < -0.4 is 15.4 Å². The molecule has 0 aromatic heterocycles. The number of benzene rings is 2. The molecule has 5 nitrogen and oxygen atoms in total. The number of carbonyl (C=O) groups excluding carboxylic acids is 1. The standard InChI is InChI=1S/C18H17N3O2/c1-23-17-9-5-8-16(10-17)20-13-15(11-19)18(22)21-12-14-6-3-2-4-7-14/h2-10,13,20H,12H2,1H3,(H,21,22)/b15-13-. The van der Waals surface area contributed by atoms with E-state index in [1.54, 1.807) is 13.2 Å². The molecule has 23 heavy (non-hydrogen) atoms. The maximum Gasteiger partial charge on any atom is 0.263 e. The summed E-state index contributed by atoms with van der Waals surface area (Å²) in [5.74, 6) is 0.266. The SMILES string of the molecule is COc1cccc(N/C=C(/C#N)C(=O)NCc2ccccc2)c1. The fourth-order valence-corrected chi connectivity index (χ4v) is 1.89. The lowest BCUT2D eigenvalue weighted by molar-refractivity contribution is -0.117. The van der Waals surface area contributed by atoms with Crippen LogP contribution in [0.5, 0.6) is 5.75 Å². The summed E-state index contributed by atoms with van der Waals surface area (Å²) in [4.78, 5) is 12.0. The number of hydrogen-bond acceptors (Lipinski definition) is 4. The van der Waals surface area contributed by atoms with E-state index in [4.69, 9.17) is 10.00 Å². The van der Waals surface area contributed by atoms with E-state index >= 15 is 0 Å². The Balaban J connectivity index is 1.97. The van der Waals surface area contributed by atoms with Crippen molar-refractivity contribution >= 4 is 11.6 Å². The van der Waals surface area contributed by atoms with Crippen LogP contribution in [0.25, 0.3) is 0 Å². The van der Waals surface area contributed by atoms with Crippen LogP contribution in [-0.2, 0) is 11.3 Å². The monoisotopic (exact) mass is 307 g/mol. The molecule has 5 heteroatoms. The van der Waals surface area contributed by atoms with E-state index in [9.17, 15) is 4.79 Å². The first-order valence-corrected chi connectivity index (χ1v) is 7.06. The zero-order chi connectivity index (χ0) is 16.5. The summed E-state index contributed by atoms with van der Waals surface area (Å²) in [6.45, 7) is 0.373. The second-order valence-corrected chi connectivity index (χ2v) is 4.71. The van der Waals surface area contributed by atoms with Crippen molar-refractivity contribution in [3.63, 3.8) is 0 Å². The molecular formula is C18H17N3O2. The number of nitriles is 1. The quantitative estimate of drug-likeness (QED) is 0.636. The summed E-state index contributed by atoms with van der Waals surface area (Å²) < 4.78 is 5.12. The molecule has 1 amide bonds. The third-order valence-electron chi connectivity index (χ3n) is 3.11. The number of rotatable bonds is 6. The third kappa shape index (κ3) is 4.90. The van der Waals surface area contributed by atoms with Crippen molar-refractivity contribution in [3.05, 3.63) is 71.9 Å². The Morgan fingerprint density at radius 1 is 1.22 bits per heavy atom. The van der Waals surface area contributed by atoms with E-state index < -0.39 is 5.91 Å². The molecule has 0 atom stereocenters. The fourth-order valence-electron chi connectivity index (χ4n) is 1.89. The molecule has 2 N–H and O–H groups in total. The van der Waals surface area contributed by atoms with Crippen molar-refractivity contribution in [2.24, 2.45) is 0 Å². The van der Waals surface area contributed by atoms with Gasteiger partial charge in [-0.2, -0.15) is 5.26 Å². The topological polar surface area (TPSA) is 74.1 Å². The van der Waals surface area contributed by atoms with E-state index in [0.29, 0.717) is 12.3 Å². The van der Waals surface area contributed by atoms with Gasteiger partial charge in [-0.1, -0.05) is 36.4 Å². The van der Waals surface area contributed by atoms with Crippen LogP contribution >= 0.6 is 0 Å². The number of nitrogens with zero attached hydrogens (tertiary/aromatic N) is 1. The first-order valence-electron chi connectivity index (χ1n) is 7.06. The van der Waals surface area contributed by atoms with Gasteiger partial charge < -0.3 is 15.4 Å². The molecule has 2 rings (SSSR count). The number of nitrogens with one attached hydrogen (secondary N) is 2. The first kappa shape index (κ1) is 16.1. The number of anilines is 1. The Labute approximate surface area is 135 Å². The van der Waals surface area contributed by atoms with Gasteiger partial charge in [-0.05, 0) is 17.7 Å². The van der Waals surface area contributed by atoms with E-state index in [-0.39, 0.29) is 5.57 Å². The Morgan fingerprint density at radius 3 is 2.70 bits per heavy atom. The lowest BCUT2D eigenvalue weighted by Crippen LogP contribution is -2.24. The Morgan fingerprint density at radius 2 is 2.00 bits per heavy atom. The predicted molar refractivity (Wildman–Crippen MR) is 88.6 cm³/mol. The first-order chi connectivity index (χ1) is 11.2. The van der Waals surface area contributed by atoms with Crippen molar-refractivity contribution < 1.29 is 9.53 Å². The molecule has 0 spiro atoms. The van der Waals surface area contributed by atoms with E-state index in [1.165, 1.54) is 6.20 Å². The summed E-state index contributed by atoms with van der Waals surface area (Å²) in [5, 5.41) is 14.8. The van der Waals surface area contributed by atoms with Crippen molar-refractivity contribution in [1.82, 2.24) is 5.32 Å². The molecule has 116 valence electrons. The van der Waals surface area contributed by atoms with Gasteiger partial charge >= 0.3 is 0 Å². The summed E-state index contributed by atoms with van der Waals surface area (Å²) in [7, 11) is 1.58. The summed E-state index contributed by atoms with van der Waals surface area (Å²) in [6.07, 6.45) is 1.38. The van der Waals surface area contributed by atoms with E-state index in [1.807, 2.05) is 54.6 Å². The van der Waals surface area contributed by atoms with Crippen LogP contribution in [0.2, 0.25) is 0 Å². The fraction of sp³-hybridized carbons (Fsp3) is 0.111. The average Bonchev–Trinajstić information content (AvgIpc) is 2.61. The maximum absolute atomic E-state index is 12.0. The highest BCUT2D eigenvalue weighted by atomic mass is 16.5. The number of amides is 1. The highest BCUT2D eigenvalue weighted by Gasteiger charge is 2.08. The van der Waals surface area contributed by atoms with Crippen LogP contribution in [0.4, 0.5) is 5.69 Å². The lowest BCUT2D eigenvalue weighted by Gasteiger charge is -2.06. The molecule has 0 aliphatic heterocycles. The van der Waals surface area contributed by atoms with Crippen LogP contribution in [-0.4, -0.2) is 13.0 Å². The molecule has 0 fully saturated rings. The zero-order valence-corrected chi connectivity index (χ0v) is 12.7. The molecule has 0 unspecified atom stereocenters. The summed E-state index contributed by atoms with van der Waals surface area (Å²) in [6, 6.07) is 18.6. The van der Waals surface area contributed by atoms with Gasteiger partial charge in [-0.3, -0.25) is 4.79 Å². The van der Waals surface area contributed by atoms with Crippen molar-refractivity contribution in [3.8, 4) is 11.8 Å². The van der Waals surface area contributed by atoms with Crippen LogP contribution in [0.1, 0.15) is 5.56 Å². The second kappa shape index (κ2) is 8.25. The van der Waals surface area contributed by atoms with Crippen molar-refractivity contribution in [2.45, 2.75) is 6.54 Å². The predicted octanol–water partition coefficient (Wildman–Crippen LogP) is 2.83. The van der Waals surface area contributed by atoms with Gasteiger partial charge in [0.05, 0.1) is 7.11 Å². The Kier molecular flexibility index (Phi) is 5.78. The zero-order valence-electron chi connectivity index (χ0n) is 12.7. The number of hydrogen-bond donors (Lipinski definition) is 2. The minimum Gasteiger partial charge on any atom is -0.497 e. The van der Waals surface area contributed by atoms with Gasteiger partial charge in [-0.25, -0.2) is 0 Å². The van der Waals surface area contributed by atoms with E-state index in [2.05, 4.69) is 10.6 Å². The molecule has 0 bridgehead atoms. The van der Waals surface area contributed by atoms with Crippen LogP contribution in [0.3, 0.4) is 0 Å². The molecule has 2 aromatic rings. The van der Waals surface area contributed by atoms with Gasteiger partial charge in [0.15, 0.2) is 0 Å². The number of ether oxygens (including phenoxy) is 1. The van der Waals surface area contributed by atoms with Gasteiger partial charge in [0.25, 0.3) is 5.91 Å². The van der Waals surface area contributed by atoms with E-state index in [0.717, 1.165) is 11.3 Å². The molecule has 0 aliphatic rings. The lowest BCUT2D eigenvalue weighted by atomic mass is 10.2. The highest BCUT2D eigenvalue weighted by Crippen LogP contribution is 2.16. The van der Waals surface area contributed by atoms with Gasteiger partial charge in [-0.15, -0.1) is 0 Å². The van der Waals surface area contributed by atoms with Gasteiger partial charge in [0, 0.05) is 24.5 Å². The largest absolute Gasteiger partial charge is 0.497 e. The van der Waals surface area contributed by atoms with Crippen molar-refractivity contribution in [2.75, 3.05) is 12.4 Å². The smallest absolute Gasteiger partial charge is 0.263 e. The highest BCUT2D eigenvalue weighted by molar-refractivity contribution is 5.97. The molecule has 0 aliphatic carbocycles. The average molecular weight is 307 g/mol. The normalized spacial score (nSPS) is 10.5. The second-order valence-electron chi connectivity index (χ2n) is 4.71. The van der Waals surface area contributed by atoms with Gasteiger partial charge in [0.1, 0.15) is 17.4 Å².